The SMILES string of the molecule is CC(C)N1C(N[C@@H](C)c2ccccc2)=CC(=O)NC1N[C@@H](C)c1ccccc1. The van der Waals surface area contributed by atoms with Crippen molar-refractivity contribution in [2.45, 2.75) is 52.1 Å². The van der Waals surface area contributed by atoms with Crippen LogP contribution in [0.15, 0.2) is 72.6 Å². The number of nitrogens with zero attached hydrogens (tertiary/aromatic N) is 1. The molecule has 1 unspecified atom stereocenters. The van der Waals surface area contributed by atoms with Crippen molar-refractivity contribution >= 4 is 5.91 Å². The van der Waals surface area contributed by atoms with Crippen LogP contribution in [-0.2, 0) is 4.79 Å². The van der Waals surface area contributed by atoms with Gasteiger partial charge >= 0.3 is 0 Å². The van der Waals surface area contributed by atoms with E-state index in [9.17, 15) is 4.79 Å². The number of rotatable bonds is 7. The van der Waals surface area contributed by atoms with Crippen LogP contribution >= 0.6 is 0 Å². The standard InChI is InChI=1S/C23H30N4O/c1-16(2)27-21(24-17(3)19-11-7-5-8-12-19)15-22(28)26-23(27)25-18(4)20-13-9-6-10-14-20/h5-18,23-25H,1-4H3,(H,26,28)/t17-,18-,23?/m0/s1. The molecule has 0 aromatic heterocycles. The molecule has 0 aliphatic carbocycles. The Morgan fingerprint density at radius 1 is 0.857 bits per heavy atom. The fraction of sp³-hybridized carbons (Fsp3) is 0.348. The molecule has 1 aliphatic heterocycles. The minimum absolute atomic E-state index is 0.0896. The highest BCUT2D eigenvalue weighted by atomic mass is 16.2. The zero-order valence-corrected chi connectivity index (χ0v) is 17.0. The van der Waals surface area contributed by atoms with Gasteiger partial charge in [-0.05, 0) is 38.8 Å². The van der Waals surface area contributed by atoms with E-state index >= 15 is 0 Å². The van der Waals surface area contributed by atoms with E-state index in [-0.39, 0.29) is 30.3 Å². The van der Waals surface area contributed by atoms with Gasteiger partial charge in [0.15, 0.2) is 6.29 Å². The summed E-state index contributed by atoms with van der Waals surface area (Å²) >= 11 is 0. The molecular formula is C23H30N4O. The summed E-state index contributed by atoms with van der Waals surface area (Å²) in [6.45, 7) is 8.47. The van der Waals surface area contributed by atoms with Gasteiger partial charge in [-0.15, -0.1) is 0 Å². The van der Waals surface area contributed by atoms with Crippen LogP contribution in [-0.4, -0.2) is 23.1 Å². The second-order valence-corrected chi connectivity index (χ2v) is 7.52. The van der Waals surface area contributed by atoms with Crippen molar-refractivity contribution < 1.29 is 4.79 Å². The highest BCUT2D eigenvalue weighted by molar-refractivity contribution is 5.89. The van der Waals surface area contributed by atoms with E-state index in [1.54, 1.807) is 6.08 Å². The Labute approximate surface area is 167 Å². The van der Waals surface area contributed by atoms with E-state index in [1.165, 1.54) is 11.1 Å². The Kier molecular flexibility index (Phi) is 6.37. The first-order valence-electron chi connectivity index (χ1n) is 9.88. The van der Waals surface area contributed by atoms with Crippen molar-refractivity contribution in [3.8, 4) is 0 Å². The van der Waals surface area contributed by atoms with Gasteiger partial charge < -0.3 is 15.5 Å². The maximum Gasteiger partial charge on any atom is 0.250 e. The van der Waals surface area contributed by atoms with Gasteiger partial charge in [0.1, 0.15) is 5.82 Å². The number of carbonyl (C=O) groups excluding carboxylic acids is 1. The summed E-state index contributed by atoms with van der Waals surface area (Å²) in [5, 5.41) is 10.1. The molecule has 3 N–H and O–H groups in total. The lowest BCUT2D eigenvalue weighted by Crippen LogP contribution is -2.62. The molecule has 2 aromatic carbocycles. The summed E-state index contributed by atoms with van der Waals surface area (Å²) in [5.74, 6) is 0.727. The van der Waals surface area contributed by atoms with Gasteiger partial charge in [0.25, 0.3) is 0 Å². The lowest BCUT2D eigenvalue weighted by Gasteiger charge is -2.43. The lowest BCUT2D eigenvalue weighted by molar-refractivity contribution is -0.120. The maximum atomic E-state index is 12.4. The molecule has 1 heterocycles. The van der Waals surface area contributed by atoms with Gasteiger partial charge in [0, 0.05) is 24.2 Å². The van der Waals surface area contributed by atoms with Crippen molar-refractivity contribution in [1.29, 1.82) is 0 Å². The van der Waals surface area contributed by atoms with Crippen molar-refractivity contribution in [3.63, 3.8) is 0 Å². The number of amides is 1. The van der Waals surface area contributed by atoms with Gasteiger partial charge in [0.2, 0.25) is 5.91 Å². The van der Waals surface area contributed by atoms with Crippen molar-refractivity contribution in [1.82, 2.24) is 20.9 Å². The van der Waals surface area contributed by atoms with Gasteiger partial charge in [0.05, 0.1) is 0 Å². The average molecular weight is 379 g/mol. The third-order valence-corrected chi connectivity index (χ3v) is 5.03. The second kappa shape index (κ2) is 8.93. The minimum Gasteiger partial charge on any atom is -0.365 e. The number of benzene rings is 2. The van der Waals surface area contributed by atoms with Crippen LogP contribution in [0.3, 0.4) is 0 Å². The zero-order valence-electron chi connectivity index (χ0n) is 17.0. The molecule has 28 heavy (non-hydrogen) atoms. The Hall–Kier alpha value is -2.79. The quantitative estimate of drug-likeness (QED) is 0.688. The van der Waals surface area contributed by atoms with E-state index in [2.05, 4.69) is 72.8 Å². The molecule has 3 rings (SSSR count). The van der Waals surface area contributed by atoms with E-state index < -0.39 is 0 Å². The van der Waals surface area contributed by atoms with Crippen LogP contribution in [0.2, 0.25) is 0 Å². The topological polar surface area (TPSA) is 56.4 Å². The van der Waals surface area contributed by atoms with E-state index in [4.69, 9.17) is 0 Å². The van der Waals surface area contributed by atoms with Crippen molar-refractivity contribution in [3.05, 3.63) is 83.7 Å². The molecule has 148 valence electrons. The number of hydrogen-bond acceptors (Lipinski definition) is 4. The summed E-state index contributed by atoms with van der Waals surface area (Å²) in [4.78, 5) is 14.6. The van der Waals surface area contributed by atoms with Crippen LogP contribution < -0.4 is 16.0 Å². The smallest absolute Gasteiger partial charge is 0.250 e. The third-order valence-electron chi connectivity index (χ3n) is 5.03. The van der Waals surface area contributed by atoms with Gasteiger partial charge in [-0.3, -0.25) is 10.1 Å². The first kappa shape index (κ1) is 20.0. The Balaban J connectivity index is 1.79. The van der Waals surface area contributed by atoms with Crippen molar-refractivity contribution in [2.75, 3.05) is 0 Å². The minimum atomic E-state index is -0.293. The summed E-state index contributed by atoms with van der Waals surface area (Å²) in [6.07, 6.45) is 1.35. The monoisotopic (exact) mass is 378 g/mol. The van der Waals surface area contributed by atoms with Crippen LogP contribution in [0.25, 0.3) is 0 Å². The molecule has 0 saturated heterocycles. The normalized spacial score (nSPS) is 19.0. The second-order valence-electron chi connectivity index (χ2n) is 7.52. The molecule has 0 fully saturated rings. The molecule has 0 bridgehead atoms. The first-order chi connectivity index (χ1) is 13.5. The van der Waals surface area contributed by atoms with Gasteiger partial charge in [-0.2, -0.15) is 0 Å². The van der Waals surface area contributed by atoms with E-state index in [1.807, 2.05) is 36.4 Å². The predicted octanol–water partition coefficient (Wildman–Crippen LogP) is 3.65. The third kappa shape index (κ3) is 4.73. The Morgan fingerprint density at radius 3 is 1.93 bits per heavy atom. The predicted molar refractivity (Wildman–Crippen MR) is 113 cm³/mol. The van der Waals surface area contributed by atoms with Crippen molar-refractivity contribution in [2.24, 2.45) is 0 Å². The summed E-state index contributed by atoms with van der Waals surface area (Å²) < 4.78 is 0. The summed E-state index contributed by atoms with van der Waals surface area (Å²) in [5.41, 5.74) is 2.36. The van der Waals surface area contributed by atoms with Gasteiger partial charge in [-0.1, -0.05) is 60.7 Å². The average Bonchev–Trinajstić information content (AvgIpc) is 2.68. The summed E-state index contributed by atoms with van der Waals surface area (Å²) in [6, 6.07) is 20.9. The highest BCUT2D eigenvalue weighted by Gasteiger charge is 2.31. The molecule has 1 amide bonds. The van der Waals surface area contributed by atoms with Crippen LogP contribution in [0.4, 0.5) is 0 Å². The van der Waals surface area contributed by atoms with Crippen LogP contribution in [0.1, 0.15) is 50.9 Å². The molecular weight excluding hydrogens is 348 g/mol. The maximum absolute atomic E-state index is 12.4. The lowest BCUT2D eigenvalue weighted by atomic mass is 10.1. The summed E-state index contributed by atoms with van der Waals surface area (Å²) in [7, 11) is 0. The number of carbonyl (C=O) groups is 1. The van der Waals surface area contributed by atoms with E-state index in [0.29, 0.717) is 0 Å². The fourth-order valence-corrected chi connectivity index (χ4v) is 3.52. The first-order valence-corrected chi connectivity index (χ1v) is 9.88. The van der Waals surface area contributed by atoms with Gasteiger partial charge in [-0.25, -0.2) is 0 Å². The Morgan fingerprint density at radius 2 is 1.39 bits per heavy atom. The molecule has 0 radical (unpaired) electrons. The Bertz CT molecular complexity index is 804. The largest absolute Gasteiger partial charge is 0.365 e. The molecule has 5 nitrogen and oxygen atoms in total. The number of hydrogen-bond donors (Lipinski definition) is 3. The highest BCUT2D eigenvalue weighted by Crippen LogP contribution is 2.21. The fourth-order valence-electron chi connectivity index (χ4n) is 3.52. The number of nitrogens with one attached hydrogen (secondary N) is 3. The molecule has 0 saturated carbocycles. The zero-order chi connectivity index (χ0) is 20.1. The van der Waals surface area contributed by atoms with Crippen LogP contribution in [0, 0.1) is 0 Å². The van der Waals surface area contributed by atoms with Crippen LogP contribution in [0.5, 0.6) is 0 Å². The molecule has 2 aromatic rings. The molecule has 1 aliphatic rings. The molecule has 3 atom stereocenters. The van der Waals surface area contributed by atoms with E-state index in [0.717, 1.165) is 5.82 Å². The molecule has 5 heteroatoms. The molecule has 0 spiro atoms.